The van der Waals surface area contributed by atoms with Crippen LogP contribution in [-0.4, -0.2) is 16.2 Å². The molecule has 0 N–H and O–H groups in total. The van der Waals surface area contributed by atoms with Gasteiger partial charge in [0, 0.05) is 36.2 Å². The molecule has 4 rings (SSSR count). The van der Waals surface area contributed by atoms with E-state index in [2.05, 4.69) is 61.1 Å². The van der Waals surface area contributed by atoms with E-state index >= 15 is 0 Å². The van der Waals surface area contributed by atoms with Crippen LogP contribution in [0.5, 0.6) is 0 Å². The summed E-state index contributed by atoms with van der Waals surface area (Å²) in [6, 6.07) is 2.28. The molecule has 0 amide bonds. The molecule has 0 fully saturated rings. The smallest absolute Gasteiger partial charge is 0.0579 e. The Kier molecular flexibility index (Phi) is 4.29. The highest BCUT2D eigenvalue weighted by atomic mass is 15.4. The van der Waals surface area contributed by atoms with Crippen molar-refractivity contribution in [3.8, 4) is 0 Å². The van der Waals surface area contributed by atoms with Gasteiger partial charge < -0.3 is 0 Å². The van der Waals surface area contributed by atoms with Crippen molar-refractivity contribution in [2.24, 2.45) is 11.0 Å². The molecule has 3 aliphatic rings. The molecule has 1 aliphatic heterocycles. The first-order valence-corrected chi connectivity index (χ1v) is 9.11. The van der Waals surface area contributed by atoms with E-state index in [9.17, 15) is 0 Å². The number of fused-ring (bicyclic) bond motifs is 1. The third-order valence-electron chi connectivity index (χ3n) is 4.97. The molecule has 130 valence electrons. The number of hydrogen-bond acceptors (Lipinski definition) is 3. The summed E-state index contributed by atoms with van der Waals surface area (Å²) in [6.45, 7) is 8.26. The number of aromatic nitrogens is 1. The van der Waals surface area contributed by atoms with E-state index in [0.717, 1.165) is 29.8 Å². The van der Waals surface area contributed by atoms with E-state index in [4.69, 9.17) is 4.98 Å². The monoisotopic (exact) mass is 341 g/mol. The van der Waals surface area contributed by atoms with Crippen LogP contribution < -0.4 is 0 Å². The van der Waals surface area contributed by atoms with Crippen molar-refractivity contribution in [2.45, 2.75) is 26.7 Å². The summed E-state index contributed by atoms with van der Waals surface area (Å²) in [7, 11) is 0. The van der Waals surface area contributed by atoms with Crippen molar-refractivity contribution in [1.29, 1.82) is 0 Å². The lowest BCUT2D eigenvalue weighted by Gasteiger charge is -2.20. The van der Waals surface area contributed by atoms with Crippen LogP contribution in [0.3, 0.4) is 0 Å². The Hall–Kier alpha value is -2.94. The Morgan fingerprint density at radius 2 is 2.15 bits per heavy atom. The third kappa shape index (κ3) is 3.01. The minimum Gasteiger partial charge on any atom is -0.260 e. The minimum atomic E-state index is 0.619. The van der Waals surface area contributed by atoms with E-state index in [1.54, 1.807) is 11.2 Å². The molecule has 26 heavy (non-hydrogen) atoms. The predicted octanol–water partition coefficient (Wildman–Crippen LogP) is 5.28. The zero-order chi connectivity index (χ0) is 18.1. The summed E-state index contributed by atoms with van der Waals surface area (Å²) >= 11 is 0. The molecule has 2 heterocycles. The SMILES string of the molecule is C=C1C=C(C2=CCc3ncc(C4=CCC(C)C=C4)cc32)C=CN1/N=C\C. The van der Waals surface area contributed by atoms with Crippen molar-refractivity contribution in [3.05, 3.63) is 89.6 Å². The van der Waals surface area contributed by atoms with Gasteiger partial charge in [0.05, 0.1) is 11.4 Å². The Labute approximate surface area is 155 Å². The molecule has 0 spiro atoms. The Morgan fingerprint density at radius 3 is 2.88 bits per heavy atom. The lowest BCUT2D eigenvalue weighted by molar-refractivity contribution is 0.514. The quantitative estimate of drug-likeness (QED) is 0.700. The molecule has 1 aromatic heterocycles. The highest BCUT2D eigenvalue weighted by Gasteiger charge is 2.21. The van der Waals surface area contributed by atoms with Gasteiger partial charge in [-0.25, -0.2) is 5.01 Å². The molecule has 3 heteroatoms. The molecule has 2 aliphatic carbocycles. The maximum Gasteiger partial charge on any atom is 0.0579 e. The summed E-state index contributed by atoms with van der Waals surface area (Å²) < 4.78 is 0. The van der Waals surface area contributed by atoms with Gasteiger partial charge >= 0.3 is 0 Å². The van der Waals surface area contributed by atoms with E-state index in [1.807, 2.05) is 19.3 Å². The number of allylic oxidation sites excluding steroid dienone is 9. The topological polar surface area (TPSA) is 28.5 Å². The van der Waals surface area contributed by atoms with Crippen LogP contribution >= 0.6 is 0 Å². The van der Waals surface area contributed by atoms with E-state index in [0.29, 0.717) is 5.92 Å². The number of hydrogen-bond donors (Lipinski definition) is 0. The lowest BCUT2D eigenvalue weighted by Crippen LogP contribution is -2.10. The molecule has 0 radical (unpaired) electrons. The van der Waals surface area contributed by atoms with Crippen molar-refractivity contribution in [2.75, 3.05) is 0 Å². The fourth-order valence-electron chi connectivity index (χ4n) is 3.52. The Bertz CT molecular complexity index is 938. The normalized spacial score (nSPS) is 21.8. The molecule has 3 nitrogen and oxygen atoms in total. The summed E-state index contributed by atoms with van der Waals surface area (Å²) in [6.07, 6.45) is 20.9. The first-order chi connectivity index (χ1) is 12.7. The highest BCUT2D eigenvalue weighted by molar-refractivity contribution is 5.88. The molecular weight excluding hydrogens is 318 g/mol. The minimum absolute atomic E-state index is 0.619. The van der Waals surface area contributed by atoms with Crippen LogP contribution in [0.15, 0.2) is 77.9 Å². The van der Waals surface area contributed by atoms with Crippen LogP contribution in [0.4, 0.5) is 0 Å². The van der Waals surface area contributed by atoms with Crippen LogP contribution in [0.1, 0.15) is 37.1 Å². The zero-order valence-electron chi connectivity index (χ0n) is 15.3. The van der Waals surface area contributed by atoms with Crippen molar-refractivity contribution in [3.63, 3.8) is 0 Å². The average Bonchev–Trinajstić information content (AvgIpc) is 3.07. The maximum atomic E-state index is 4.73. The fourth-order valence-corrected chi connectivity index (χ4v) is 3.52. The lowest BCUT2D eigenvalue weighted by atomic mass is 9.92. The van der Waals surface area contributed by atoms with Crippen LogP contribution in [0.2, 0.25) is 0 Å². The van der Waals surface area contributed by atoms with Crippen molar-refractivity contribution in [1.82, 2.24) is 9.99 Å². The van der Waals surface area contributed by atoms with Gasteiger partial charge in [-0.05, 0) is 54.2 Å². The second kappa shape index (κ2) is 6.75. The maximum absolute atomic E-state index is 4.73. The van der Waals surface area contributed by atoms with Gasteiger partial charge in [0.25, 0.3) is 0 Å². The molecular formula is C23H23N3. The number of pyridine rings is 1. The second-order valence-corrected chi connectivity index (χ2v) is 6.90. The summed E-state index contributed by atoms with van der Waals surface area (Å²) in [5, 5.41) is 6.07. The van der Waals surface area contributed by atoms with Gasteiger partial charge in [-0.3, -0.25) is 4.98 Å². The molecule has 0 saturated carbocycles. The van der Waals surface area contributed by atoms with Crippen molar-refractivity contribution < 1.29 is 0 Å². The molecule has 1 atom stereocenters. The highest BCUT2D eigenvalue weighted by Crippen LogP contribution is 2.36. The zero-order valence-corrected chi connectivity index (χ0v) is 15.3. The molecule has 0 aromatic carbocycles. The molecule has 1 aromatic rings. The van der Waals surface area contributed by atoms with E-state index in [1.165, 1.54) is 22.3 Å². The largest absolute Gasteiger partial charge is 0.260 e. The van der Waals surface area contributed by atoms with E-state index < -0.39 is 0 Å². The van der Waals surface area contributed by atoms with Crippen LogP contribution in [-0.2, 0) is 6.42 Å². The van der Waals surface area contributed by atoms with Gasteiger partial charge in [-0.15, -0.1) is 0 Å². The molecule has 0 saturated heterocycles. The standard InChI is InChI=1S/C23H23N3/c1-4-25-26-12-11-19(13-17(26)3)21-9-10-23-22(21)14-20(15-24-23)18-7-5-16(2)6-8-18/h4-5,7-9,11-16H,3,6,10H2,1-2H3/b25-4-. The summed E-state index contributed by atoms with van der Waals surface area (Å²) in [4.78, 5) is 4.73. The number of nitrogens with zero attached hydrogens (tertiary/aromatic N) is 3. The third-order valence-corrected chi connectivity index (χ3v) is 4.97. The first kappa shape index (κ1) is 16.5. The molecule has 1 unspecified atom stereocenters. The van der Waals surface area contributed by atoms with Gasteiger partial charge in [-0.1, -0.05) is 37.8 Å². The first-order valence-electron chi connectivity index (χ1n) is 9.11. The average molecular weight is 341 g/mol. The van der Waals surface area contributed by atoms with Gasteiger partial charge in [0.1, 0.15) is 0 Å². The predicted molar refractivity (Wildman–Crippen MR) is 109 cm³/mol. The van der Waals surface area contributed by atoms with Gasteiger partial charge in [0.15, 0.2) is 0 Å². The number of hydrazone groups is 1. The molecule has 0 bridgehead atoms. The van der Waals surface area contributed by atoms with E-state index in [-0.39, 0.29) is 0 Å². The van der Waals surface area contributed by atoms with Crippen LogP contribution in [0.25, 0.3) is 11.1 Å². The number of rotatable bonds is 3. The van der Waals surface area contributed by atoms with Gasteiger partial charge in [-0.2, -0.15) is 5.10 Å². The summed E-state index contributed by atoms with van der Waals surface area (Å²) in [5.74, 6) is 0.619. The summed E-state index contributed by atoms with van der Waals surface area (Å²) in [5.41, 5.74) is 8.10. The van der Waals surface area contributed by atoms with Crippen molar-refractivity contribution >= 4 is 17.4 Å². The second-order valence-electron chi connectivity index (χ2n) is 6.90. The Morgan fingerprint density at radius 1 is 1.27 bits per heavy atom. The fraction of sp³-hybridized carbons (Fsp3) is 0.217. The van der Waals surface area contributed by atoms with Gasteiger partial charge in [0.2, 0.25) is 0 Å². The Balaban J connectivity index is 1.65. The van der Waals surface area contributed by atoms with Crippen LogP contribution in [0, 0.1) is 5.92 Å².